The zero-order valence-corrected chi connectivity index (χ0v) is 20.2. The van der Waals surface area contributed by atoms with E-state index in [4.69, 9.17) is 14.5 Å². The van der Waals surface area contributed by atoms with Gasteiger partial charge in [0.05, 0.1) is 19.7 Å². The lowest BCUT2D eigenvalue weighted by atomic mass is 10.0. The van der Waals surface area contributed by atoms with Crippen LogP contribution >= 0.6 is 0 Å². The maximum atomic E-state index is 11.4. The van der Waals surface area contributed by atoms with Crippen LogP contribution in [0.25, 0.3) is 10.9 Å². The van der Waals surface area contributed by atoms with Crippen molar-refractivity contribution in [1.82, 2.24) is 20.2 Å². The number of likely N-dealkylation sites (tertiary alicyclic amines) is 1. The Morgan fingerprint density at radius 2 is 1.79 bits per heavy atom. The average Bonchev–Trinajstić information content (AvgIpc) is 3.41. The lowest BCUT2D eigenvalue weighted by Crippen LogP contribution is -2.43. The molecule has 0 spiro atoms. The third-order valence-corrected chi connectivity index (χ3v) is 6.81. The van der Waals surface area contributed by atoms with Crippen LogP contribution in [-0.4, -0.2) is 73.3 Å². The molecule has 1 saturated carbocycles. The molecule has 2 aromatic rings. The highest BCUT2D eigenvalue weighted by Gasteiger charge is 2.27. The Kier molecular flexibility index (Phi) is 8.05. The van der Waals surface area contributed by atoms with Gasteiger partial charge in [-0.05, 0) is 37.8 Å². The van der Waals surface area contributed by atoms with Crippen LogP contribution in [0.15, 0.2) is 24.8 Å². The predicted octanol–water partition coefficient (Wildman–Crippen LogP) is 3.18. The van der Waals surface area contributed by atoms with Crippen molar-refractivity contribution in [1.29, 1.82) is 0 Å². The van der Waals surface area contributed by atoms with E-state index in [1.165, 1.54) is 31.8 Å². The van der Waals surface area contributed by atoms with Gasteiger partial charge in [0.15, 0.2) is 11.5 Å². The molecular weight excluding hydrogens is 432 g/mol. The van der Waals surface area contributed by atoms with E-state index < -0.39 is 0 Å². The van der Waals surface area contributed by atoms with E-state index in [9.17, 15) is 4.79 Å². The lowest BCUT2D eigenvalue weighted by molar-refractivity contribution is -0.116. The molecule has 34 heavy (non-hydrogen) atoms. The van der Waals surface area contributed by atoms with E-state index in [-0.39, 0.29) is 5.91 Å². The Labute approximate surface area is 201 Å². The Bertz CT molecular complexity index is 1000. The van der Waals surface area contributed by atoms with Gasteiger partial charge in [-0.2, -0.15) is 4.98 Å². The molecule has 1 aromatic heterocycles. The Hall–Kier alpha value is -3.07. The van der Waals surface area contributed by atoms with Crippen LogP contribution < -0.4 is 25.4 Å². The number of nitrogens with zero attached hydrogens (tertiary/aromatic N) is 3. The van der Waals surface area contributed by atoms with Crippen LogP contribution in [0.2, 0.25) is 0 Å². The first kappa shape index (κ1) is 24.1. The molecule has 2 fully saturated rings. The molecule has 0 atom stereocenters. The molecule has 2 heterocycles. The summed E-state index contributed by atoms with van der Waals surface area (Å²) in [6.45, 7) is 6.65. The van der Waals surface area contributed by atoms with Gasteiger partial charge in [0.25, 0.3) is 0 Å². The summed E-state index contributed by atoms with van der Waals surface area (Å²) in [5.74, 6) is 2.34. The van der Waals surface area contributed by atoms with E-state index >= 15 is 0 Å². The molecule has 9 heteroatoms. The third-order valence-electron chi connectivity index (χ3n) is 6.81. The van der Waals surface area contributed by atoms with Crippen LogP contribution in [0, 0.1) is 0 Å². The van der Waals surface area contributed by atoms with E-state index in [2.05, 4.69) is 32.4 Å². The molecule has 0 bridgehead atoms. The number of methoxy groups -OCH3 is 2. The molecule has 1 amide bonds. The normalized spacial score (nSPS) is 17.5. The predicted molar refractivity (Wildman–Crippen MR) is 135 cm³/mol. The number of hydrogen-bond donors (Lipinski definition) is 3. The number of amides is 1. The summed E-state index contributed by atoms with van der Waals surface area (Å²) in [5, 5.41) is 10.5. The fourth-order valence-electron chi connectivity index (χ4n) is 4.95. The number of rotatable bonds is 10. The van der Waals surface area contributed by atoms with Crippen molar-refractivity contribution >= 4 is 28.6 Å². The number of piperidine rings is 1. The van der Waals surface area contributed by atoms with Crippen LogP contribution in [0.4, 0.5) is 11.8 Å². The molecule has 4 rings (SSSR count). The number of fused-ring (bicyclic) bond motifs is 1. The molecule has 9 nitrogen and oxygen atoms in total. The van der Waals surface area contributed by atoms with Gasteiger partial charge < -0.3 is 30.3 Å². The monoisotopic (exact) mass is 468 g/mol. The minimum atomic E-state index is -0.204. The number of hydrogen-bond acceptors (Lipinski definition) is 8. The average molecular weight is 469 g/mol. The molecule has 1 aromatic carbocycles. The molecule has 0 radical (unpaired) electrons. The van der Waals surface area contributed by atoms with Crippen molar-refractivity contribution in [2.45, 2.75) is 50.6 Å². The van der Waals surface area contributed by atoms with Crippen molar-refractivity contribution in [2.24, 2.45) is 0 Å². The van der Waals surface area contributed by atoms with E-state index in [0.29, 0.717) is 36.6 Å². The van der Waals surface area contributed by atoms with Crippen LogP contribution in [0.3, 0.4) is 0 Å². The second-order valence-electron chi connectivity index (χ2n) is 8.93. The maximum Gasteiger partial charge on any atom is 0.243 e. The molecule has 184 valence electrons. The van der Waals surface area contributed by atoms with Gasteiger partial charge in [-0.15, -0.1) is 0 Å². The van der Waals surface area contributed by atoms with Gasteiger partial charge in [-0.3, -0.25) is 4.79 Å². The summed E-state index contributed by atoms with van der Waals surface area (Å²) >= 11 is 0. The third kappa shape index (κ3) is 5.70. The Morgan fingerprint density at radius 3 is 2.47 bits per heavy atom. The minimum absolute atomic E-state index is 0.204. The highest BCUT2D eigenvalue weighted by molar-refractivity contribution is 5.93. The highest BCUT2D eigenvalue weighted by Crippen LogP contribution is 2.35. The first-order chi connectivity index (χ1) is 16.6. The van der Waals surface area contributed by atoms with Gasteiger partial charge in [-0.25, -0.2) is 4.98 Å². The zero-order valence-electron chi connectivity index (χ0n) is 20.2. The zero-order chi connectivity index (χ0) is 23.9. The fourth-order valence-corrected chi connectivity index (χ4v) is 4.95. The first-order valence-corrected chi connectivity index (χ1v) is 12.2. The number of nitrogens with one attached hydrogen (secondary N) is 3. The Morgan fingerprint density at radius 1 is 1.09 bits per heavy atom. The lowest BCUT2D eigenvalue weighted by Gasteiger charge is -2.36. The van der Waals surface area contributed by atoms with Crippen molar-refractivity contribution in [3.05, 3.63) is 24.8 Å². The highest BCUT2D eigenvalue weighted by atomic mass is 16.5. The van der Waals surface area contributed by atoms with E-state index in [0.717, 1.165) is 48.7 Å². The summed E-state index contributed by atoms with van der Waals surface area (Å²) < 4.78 is 11.0. The summed E-state index contributed by atoms with van der Waals surface area (Å²) in [6.07, 6.45) is 8.86. The molecule has 1 aliphatic carbocycles. The molecule has 2 aliphatic rings. The van der Waals surface area contributed by atoms with Crippen molar-refractivity contribution in [3.63, 3.8) is 0 Å². The largest absolute Gasteiger partial charge is 0.493 e. The minimum Gasteiger partial charge on any atom is -0.493 e. The van der Waals surface area contributed by atoms with Gasteiger partial charge in [0.2, 0.25) is 11.9 Å². The summed E-state index contributed by atoms with van der Waals surface area (Å²) in [4.78, 5) is 23.5. The summed E-state index contributed by atoms with van der Waals surface area (Å²) in [6, 6.07) is 4.92. The second-order valence-corrected chi connectivity index (χ2v) is 8.93. The van der Waals surface area contributed by atoms with Crippen LogP contribution in [0.1, 0.15) is 38.5 Å². The number of carbonyl (C=O) groups is 1. The quantitative estimate of drug-likeness (QED) is 0.361. The Balaban J connectivity index is 1.51. The number of anilines is 2. The fraction of sp³-hybridized carbons (Fsp3) is 0.560. The van der Waals surface area contributed by atoms with Gasteiger partial charge in [-0.1, -0.05) is 19.4 Å². The maximum absolute atomic E-state index is 11.4. The summed E-state index contributed by atoms with van der Waals surface area (Å²) in [7, 11) is 3.24. The van der Waals surface area contributed by atoms with Crippen molar-refractivity contribution in [3.8, 4) is 11.5 Å². The molecule has 1 saturated heterocycles. The van der Waals surface area contributed by atoms with E-state index in [1.807, 2.05) is 12.1 Å². The number of aromatic nitrogens is 2. The number of benzene rings is 1. The van der Waals surface area contributed by atoms with Crippen molar-refractivity contribution < 1.29 is 14.3 Å². The van der Waals surface area contributed by atoms with Crippen LogP contribution in [0.5, 0.6) is 11.5 Å². The summed E-state index contributed by atoms with van der Waals surface area (Å²) in [5.41, 5.74) is 0.760. The van der Waals surface area contributed by atoms with Crippen LogP contribution in [-0.2, 0) is 4.79 Å². The smallest absolute Gasteiger partial charge is 0.243 e. The number of carbonyl (C=O) groups excluding carboxylic acids is 1. The molecule has 1 aliphatic heterocycles. The van der Waals surface area contributed by atoms with E-state index in [1.54, 1.807) is 14.2 Å². The van der Waals surface area contributed by atoms with Gasteiger partial charge >= 0.3 is 0 Å². The van der Waals surface area contributed by atoms with Gasteiger partial charge in [0, 0.05) is 49.7 Å². The number of ether oxygens (including phenoxy) is 2. The molecular formula is C25H36N6O3. The first-order valence-electron chi connectivity index (χ1n) is 12.2. The SMILES string of the molecule is C=CC(=O)NCCNc1nc(NC2CCN(C3CCCC3)CC2)c2cc(OC)c(OC)cc2n1. The topological polar surface area (TPSA) is 101 Å². The van der Waals surface area contributed by atoms with Crippen molar-refractivity contribution in [2.75, 3.05) is 51.0 Å². The molecule has 0 unspecified atom stereocenters. The standard InChI is InChI=1S/C25H36N6O3/c1-4-23(32)26-11-12-27-25-29-20-16-22(34-3)21(33-2)15-19(20)24(30-25)28-17-9-13-31(14-10-17)18-7-5-6-8-18/h4,15-18H,1,5-14H2,2-3H3,(H,26,32)(H2,27,28,29,30). The second kappa shape index (κ2) is 11.4. The van der Waals surface area contributed by atoms with Gasteiger partial charge in [0.1, 0.15) is 5.82 Å². The molecule has 3 N–H and O–H groups in total.